The second-order valence-electron chi connectivity index (χ2n) is 3.19. The van der Waals surface area contributed by atoms with Gasteiger partial charge in [-0.3, -0.25) is 0 Å². The lowest BCUT2D eigenvalue weighted by Gasteiger charge is -2.03. The lowest BCUT2D eigenvalue weighted by molar-refractivity contribution is 0.475. The van der Waals surface area contributed by atoms with Gasteiger partial charge in [0.1, 0.15) is 23.2 Å². The van der Waals surface area contributed by atoms with Gasteiger partial charge in [0.15, 0.2) is 5.82 Å². The van der Waals surface area contributed by atoms with E-state index in [2.05, 4.69) is 5.10 Å². The predicted octanol–water partition coefficient (Wildman–Crippen LogP) is 0.614. The Bertz CT molecular complexity index is 564. The summed E-state index contributed by atoms with van der Waals surface area (Å²) in [5.41, 5.74) is 12.0. The van der Waals surface area contributed by atoms with Gasteiger partial charge in [0.25, 0.3) is 0 Å². The second kappa shape index (κ2) is 3.47. The zero-order valence-corrected chi connectivity index (χ0v) is 8.25. The third-order valence-corrected chi connectivity index (χ3v) is 2.15. The van der Waals surface area contributed by atoms with Gasteiger partial charge in [-0.15, -0.1) is 5.10 Å². The highest BCUT2D eigenvalue weighted by atomic mass is 16.3. The Hall–Kier alpha value is -2.68. The van der Waals surface area contributed by atoms with Crippen molar-refractivity contribution < 1.29 is 5.11 Å². The molecule has 0 bridgehead atoms. The van der Waals surface area contributed by atoms with Gasteiger partial charge >= 0.3 is 0 Å². The van der Waals surface area contributed by atoms with Crippen molar-refractivity contribution in [2.24, 2.45) is 0 Å². The van der Waals surface area contributed by atoms with E-state index in [1.165, 1.54) is 16.8 Å². The van der Waals surface area contributed by atoms with Crippen LogP contribution >= 0.6 is 0 Å². The molecule has 2 rings (SSSR count). The number of benzene rings is 1. The van der Waals surface area contributed by atoms with Crippen LogP contribution < -0.4 is 11.5 Å². The number of nitriles is 1. The standard InChI is InChI=1S/C10H9N5O/c11-5-8-9(12)14-15(10(8)13)6-1-3-7(16)4-2-6/h1-4,16H,13H2,(H2,12,14). The van der Waals surface area contributed by atoms with Crippen LogP contribution in [0.3, 0.4) is 0 Å². The average Bonchev–Trinajstić information content (AvgIpc) is 2.55. The number of nitrogens with two attached hydrogens (primary N) is 2. The van der Waals surface area contributed by atoms with Gasteiger partial charge in [0.2, 0.25) is 0 Å². The summed E-state index contributed by atoms with van der Waals surface area (Å²) in [4.78, 5) is 0. The van der Waals surface area contributed by atoms with Gasteiger partial charge in [-0.05, 0) is 24.3 Å². The normalized spacial score (nSPS) is 9.94. The molecule has 0 saturated heterocycles. The SMILES string of the molecule is N#Cc1c(N)nn(-c2ccc(O)cc2)c1N. The first kappa shape index (κ1) is 9.86. The molecule has 6 heteroatoms. The third-order valence-electron chi connectivity index (χ3n) is 2.15. The molecule has 0 radical (unpaired) electrons. The summed E-state index contributed by atoms with van der Waals surface area (Å²) in [7, 11) is 0. The summed E-state index contributed by atoms with van der Waals surface area (Å²) in [5, 5.41) is 21.9. The monoisotopic (exact) mass is 215 g/mol. The fraction of sp³-hybridized carbons (Fsp3) is 0. The number of phenolic OH excluding ortho intramolecular Hbond substituents is 1. The van der Waals surface area contributed by atoms with Crippen molar-refractivity contribution in [1.29, 1.82) is 5.26 Å². The molecule has 0 amide bonds. The summed E-state index contributed by atoms with van der Waals surface area (Å²) in [6.07, 6.45) is 0. The fourth-order valence-corrected chi connectivity index (χ4v) is 1.35. The zero-order valence-electron chi connectivity index (χ0n) is 8.25. The summed E-state index contributed by atoms with van der Waals surface area (Å²) < 4.78 is 1.35. The fourth-order valence-electron chi connectivity index (χ4n) is 1.35. The van der Waals surface area contributed by atoms with Crippen molar-refractivity contribution in [1.82, 2.24) is 9.78 Å². The van der Waals surface area contributed by atoms with Crippen molar-refractivity contribution in [2.75, 3.05) is 11.5 Å². The molecule has 1 aromatic heterocycles. The van der Waals surface area contributed by atoms with Crippen LogP contribution in [0.4, 0.5) is 11.6 Å². The number of aromatic hydroxyl groups is 1. The van der Waals surface area contributed by atoms with E-state index in [-0.39, 0.29) is 22.9 Å². The maximum absolute atomic E-state index is 9.14. The summed E-state index contributed by atoms with van der Waals surface area (Å²) >= 11 is 0. The molecule has 0 fully saturated rings. The maximum Gasteiger partial charge on any atom is 0.166 e. The van der Waals surface area contributed by atoms with Crippen molar-refractivity contribution in [3.8, 4) is 17.5 Å². The third kappa shape index (κ3) is 1.40. The minimum absolute atomic E-state index is 0.0908. The number of rotatable bonds is 1. The van der Waals surface area contributed by atoms with Crippen LogP contribution in [0.1, 0.15) is 5.56 Å². The van der Waals surface area contributed by atoms with Gasteiger partial charge < -0.3 is 16.6 Å². The van der Waals surface area contributed by atoms with E-state index < -0.39 is 0 Å². The molecular formula is C10H9N5O. The van der Waals surface area contributed by atoms with Gasteiger partial charge in [-0.1, -0.05) is 0 Å². The van der Waals surface area contributed by atoms with Crippen LogP contribution in [0.15, 0.2) is 24.3 Å². The highest BCUT2D eigenvalue weighted by Gasteiger charge is 2.13. The second-order valence-corrected chi connectivity index (χ2v) is 3.19. The molecular weight excluding hydrogens is 206 g/mol. The van der Waals surface area contributed by atoms with Crippen molar-refractivity contribution >= 4 is 11.6 Å². The van der Waals surface area contributed by atoms with E-state index in [0.717, 1.165) is 0 Å². The molecule has 0 unspecified atom stereocenters. The minimum Gasteiger partial charge on any atom is -0.508 e. The number of anilines is 2. The van der Waals surface area contributed by atoms with Crippen LogP contribution in [-0.4, -0.2) is 14.9 Å². The summed E-state index contributed by atoms with van der Waals surface area (Å²) in [5.74, 6) is 0.418. The van der Waals surface area contributed by atoms with Crippen LogP contribution in [0.5, 0.6) is 5.75 Å². The lowest BCUT2D eigenvalue weighted by Crippen LogP contribution is -2.02. The maximum atomic E-state index is 9.14. The Balaban J connectivity index is 2.58. The quantitative estimate of drug-likeness (QED) is 0.645. The van der Waals surface area contributed by atoms with E-state index in [1.54, 1.807) is 12.1 Å². The molecule has 1 heterocycles. The number of hydrogen-bond acceptors (Lipinski definition) is 5. The van der Waals surface area contributed by atoms with Gasteiger partial charge in [0, 0.05) is 0 Å². The Morgan fingerprint density at radius 1 is 1.25 bits per heavy atom. The summed E-state index contributed by atoms with van der Waals surface area (Å²) in [6, 6.07) is 8.13. The number of aromatic nitrogens is 2. The number of hydrogen-bond donors (Lipinski definition) is 3. The minimum atomic E-state index is 0.0908. The first-order valence-electron chi connectivity index (χ1n) is 4.47. The van der Waals surface area contributed by atoms with Crippen LogP contribution in [0.25, 0.3) is 5.69 Å². The largest absolute Gasteiger partial charge is 0.508 e. The topological polar surface area (TPSA) is 114 Å². The molecule has 0 saturated carbocycles. The molecule has 0 aliphatic carbocycles. The molecule has 5 N–H and O–H groups in total. The highest BCUT2D eigenvalue weighted by molar-refractivity contribution is 5.64. The molecule has 0 aliphatic rings. The Morgan fingerprint density at radius 2 is 1.88 bits per heavy atom. The smallest absolute Gasteiger partial charge is 0.166 e. The number of nitrogens with zero attached hydrogens (tertiary/aromatic N) is 3. The van der Waals surface area contributed by atoms with Crippen molar-refractivity contribution in [2.45, 2.75) is 0 Å². The molecule has 0 atom stereocenters. The molecule has 6 nitrogen and oxygen atoms in total. The summed E-state index contributed by atoms with van der Waals surface area (Å²) in [6.45, 7) is 0. The molecule has 2 aromatic rings. The van der Waals surface area contributed by atoms with E-state index in [4.69, 9.17) is 21.8 Å². The van der Waals surface area contributed by atoms with Crippen molar-refractivity contribution in [3.05, 3.63) is 29.8 Å². The van der Waals surface area contributed by atoms with Crippen LogP contribution in [0.2, 0.25) is 0 Å². The van der Waals surface area contributed by atoms with Gasteiger partial charge in [0.05, 0.1) is 5.69 Å². The molecule has 1 aromatic carbocycles. The molecule has 16 heavy (non-hydrogen) atoms. The van der Waals surface area contributed by atoms with E-state index in [1.807, 2.05) is 6.07 Å². The van der Waals surface area contributed by atoms with E-state index in [0.29, 0.717) is 5.69 Å². The van der Waals surface area contributed by atoms with Gasteiger partial charge in [-0.2, -0.15) is 5.26 Å². The molecule has 80 valence electrons. The average molecular weight is 215 g/mol. The Kier molecular flexibility index (Phi) is 2.14. The molecule has 0 aliphatic heterocycles. The van der Waals surface area contributed by atoms with Gasteiger partial charge in [-0.25, -0.2) is 4.68 Å². The van der Waals surface area contributed by atoms with Crippen LogP contribution in [-0.2, 0) is 0 Å². The first-order chi connectivity index (χ1) is 7.63. The van der Waals surface area contributed by atoms with E-state index >= 15 is 0 Å². The lowest BCUT2D eigenvalue weighted by atomic mass is 10.3. The van der Waals surface area contributed by atoms with Crippen molar-refractivity contribution in [3.63, 3.8) is 0 Å². The number of phenols is 1. The Morgan fingerprint density at radius 3 is 2.38 bits per heavy atom. The zero-order chi connectivity index (χ0) is 11.7. The number of nitrogen functional groups attached to an aromatic ring is 2. The molecule has 0 spiro atoms. The first-order valence-corrected chi connectivity index (χ1v) is 4.47. The predicted molar refractivity (Wildman–Crippen MR) is 58.8 cm³/mol. The van der Waals surface area contributed by atoms with E-state index in [9.17, 15) is 0 Å². The van der Waals surface area contributed by atoms with Crippen LogP contribution in [0, 0.1) is 11.3 Å². The highest BCUT2D eigenvalue weighted by Crippen LogP contribution is 2.22. The Labute approximate surface area is 91.3 Å².